The van der Waals surface area contributed by atoms with Crippen LogP contribution in [0.15, 0.2) is 47.4 Å². The molecule has 1 nitrogen and oxygen atoms in total. The summed E-state index contributed by atoms with van der Waals surface area (Å²) in [6.07, 6.45) is 4.78. The Morgan fingerprint density at radius 2 is 2.20 bits per heavy atom. The van der Waals surface area contributed by atoms with Crippen LogP contribution in [0.25, 0.3) is 11.1 Å². The minimum Gasteiger partial charge on any atom is -0.464 e. The van der Waals surface area contributed by atoms with Gasteiger partial charge in [0.1, 0.15) is 5.75 Å². The summed E-state index contributed by atoms with van der Waals surface area (Å²) < 4.78 is 5.60. The Kier molecular flexibility index (Phi) is 2.07. The fourth-order valence-electron chi connectivity index (χ4n) is 1.82. The fourth-order valence-corrected chi connectivity index (χ4v) is 2.48. The highest BCUT2D eigenvalue weighted by Crippen LogP contribution is 2.36. The van der Waals surface area contributed by atoms with Gasteiger partial charge >= 0.3 is 0 Å². The van der Waals surface area contributed by atoms with Gasteiger partial charge in [0.15, 0.2) is 0 Å². The van der Waals surface area contributed by atoms with Crippen molar-refractivity contribution in [3.8, 4) is 16.9 Å². The zero-order valence-electron chi connectivity index (χ0n) is 8.14. The molecule has 1 aromatic carbocycles. The SMILES string of the molecule is C1=COc2c(cccc2-c2ccsc2)C1. The van der Waals surface area contributed by atoms with E-state index >= 15 is 0 Å². The van der Waals surface area contributed by atoms with Crippen molar-refractivity contribution >= 4 is 11.3 Å². The lowest BCUT2D eigenvalue weighted by Gasteiger charge is -2.15. The molecule has 0 N–H and O–H groups in total. The monoisotopic (exact) mass is 214 g/mol. The molecule has 1 aliphatic rings. The van der Waals surface area contributed by atoms with E-state index in [1.807, 2.05) is 6.08 Å². The van der Waals surface area contributed by atoms with Crippen molar-refractivity contribution in [2.24, 2.45) is 0 Å². The molecule has 1 aromatic heterocycles. The van der Waals surface area contributed by atoms with Crippen LogP contribution in [0.5, 0.6) is 5.75 Å². The lowest BCUT2D eigenvalue weighted by Crippen LogP contribution is -1.97. The maximum absolute atomic E-state index is 5.60. The maximum atomic E-state index is 5.60. The Labute approximate surface area is 92.6 Å². The third-order valence-corrected chi connectivity index (χ3v) is 3.23. The topological polar surface area (TPSA) is 9.23 Å². The molecule has 0 bridgehead atoms. The minimum atomic E-state index is 0.966. The van der Waals surface area contributed by atoms with Gasteiger partial charge in [-0.3, -0.25) is 0 Å². The zero-order valence-corrected chi connectivity index (χ0v) is 8.96. The number of hydrogen-bond acceptors (Lipinski definition) is 2. The van der Waals surface area contributed by atoms with E-state index in [-0.39, 0.29) is 0 Å². The largest absolute Gasteiger partial charge is 0.464 e. The predicted molar refractivity (Wildman–Crippen MR) is 63.2 cm³/mol. The third kappa shape index (κ3) is 1.47. The van der Waals surface area contributed by atoms with Crippen LogP contribution in [-0.2, 0) is 6.42 Å². The second-order valence-electron chi connectivity index (χ2n) is 3.50. The molecular formula is C13H10OS. The van der Waals surface area contributed by atoms with Crippen molar-refractivity contribution in [1.82, 2.24) is 0 Å². The standard InChI is InChI=1S/C13H10OS/c1-3-10-4-2-7-14-13(10)12(5-1)11-6-8-15-9-11/h1-3,5-9H,4H2. The van der Waals surface area contributed by atoms with Crippen molar-refractivity contribution in [3.05, 3.63) is 52.9 Å². The third-order valence-electron chi connectivity index (χ3n) is 2.55. The summed E-state index contributed by atoms with van der Waals surface area (Å²) >= 11 is 1.71. The van der Waals surface area contributed by atoms with Gasteiger partial charge in [0, 0.05) is 5.56 Å². The number of ether oxygens (including phenoxy) is 1. The van der Waals surface area contributed by atoms with Crippen molar-refractivity contribution < 1.29 is 4.74 Å². The van der Waals surface area contributed by atoms with E-state index < -0.39 is 0 Å². The zero-order chi connectivity index (χ0) is 10.1. The lowest BCUT2D eigenvalue weighted by molar-refractivity contribution is 0.466. The molecule has 74 valence electrons. The van der Waals surface area contributed by atoms with Gasteiger partial charge in [-0.1, -0.05) is 18.2 Å². The molecule has 0 amide bonds. The first kappa shape index (κ1) is 8.74. The van der Waals surface area contributed by atoms with Crippen LogP contribution < -0.4 is 4.74 Å². The summed E-state index contributed by atoms with van der Waals surface area (Å²) in [7, 11) is 0. The average molecular weight is 214 g/mol. The van der Waals surface area contributed by atoms with Crippen molar-refractivity contribution in [1.29, 1.82) is 0 Å². The van der Waals surface area contributed by atoms with Gasteiger partial charge in [-0.2, -0.15) is 11.3 Å². The molecule has 0 unspecified atom stereocenters. The molecule has 0 saturated heterocycles. The number of para-hydroxylation sites is 1. The summed E-state index contributed by atoms with van der Waals surface area (Å²) in [4.78, 5) is 0. The number of rotatable bonds is 1. The van der Waals surface area contributed by atoms with Crippen LogP contribution in [0.2, 0.25) is 0 Å². The Morgan fingerprint density at radius 1 is 1.20 bits per heavy atom. The normalized spacial score (nSPS) is 13.3. The second kappa shape index (κ2) is 3.55. The Morgan fingerprint density at radius 3 is 3.07 bits per heavy atom. The second-order valence-corrected chi connectivity index (χ2v) is 4.28. The first-order valence-electron chi connectivity index (χ1n) is 4.91. The number of allylic oxidation sites excluding steroid dienone is 1. The van der Waals surface area contributed by atoms with Crippen LogP contribution in [-0.4, -0.2) is 0 Å². The van der Waals surface area contributed by atoms with E-state index in [1.54, 1.807) is 17.6 Å². The Bertz CT molecular complexity index is 497. The summed E-state index contributed by atoms with van der Waals surface area (Å²) in [6.45, 7) is 0. The minimum absolute atomic E-state index is 0.966. The number of fused-ring (bicyclic) bond motifs is 1. The summed E-state index contributed by atoms with van der Waals surface area (Å²) in [5, 5.41) is 4.24. The highest BCUT2D eigenvalue weighted by atomic mass is 32.1. The number of benzene rings is 1. The fraction of sp³-hybridized carbons (Fsp3) is 0.0769. The van der Waals surface area contributed by atoms with E-state index in [0.29, 0.717) is 0 Å². The molecule has 3 rings (SSSR count). The highest BCUT2D eigenvalue weighted by molar-refractivity contribution is 7.08. The molecule has 2 heterocycles. The van der Waals surface area contributed by atoms with Gasteiger partial charge in [0.2, 0.25) is 0 Å². The molecule has 1 aliphatic heterocycles. The van der Waals surface area contributed by atoms with Gasteiger partial charge in [-0.05, 0) is 40.5 Å². The molecule has 0 radical (unpaired) electrons. The van der Waals surface area contributed by atoms with E-state index in [1.165, 1.54) is 16.7 Å². The molecule has 0 fully saturated rings. The number of hydrogen-bond donors (Lipinski definition) is 0. The van der Waals surface area contributed by atoms with E-state index in [0.717, 1.165) is 12.2 Å². The molecule has 2 heteroatoms. The highest BCUT2D eigenvalue weighted by Gasteiger charge is 2.12. The first-order valence-corrected chi connectivity index (χ1v) is 5.85. The predicted octanol–water partition coefficient (Wildman–Crippen LogP) is 3.86. The molecule has 15 heavy (non-hydrogen) atoms. The van der Waals surface area contributed by atoms with Crippen LogP contribution in [0.3, 0.4) is 0 Å². The molecule has 0 spiro atoms. The van der Waals surface area contributed by atoms with Crippen LogP contribution >= 0.6 is 11.3 Å². The van der Waals surface area contributed by atoms with Crippen LogP contribution in [0.4, 0.5) is 0 Å². The van der Waals surface area contributed by atoms with Gasteiger partial charge in [-0.25, -0.2) is 0 Å². The molecule has 0 aliphatic carbocycles. The molecule has 0 atom stereocenters. The van der Waals surface area contributed by atoms with Crippen molar-refractivity contribution in [3.63, 3.8) is 0 Å². The first-order chi connectivity index (χ1) is 7.45. The van der Waals surface area contributed by atoms with Gasteiger partial charge in [-0.15, -0.1) is 0 Å². The van der Waals surface area contributed by atoms with Crippen LogP contribution in [0.1, 0.15) is 5.56 Å². The Balaban J connectivity index is 2.18. The summed E-state index contributed by atoms with van der Waals surface area (Å²) in [6, 6.07) is 8.45. The van der Waals surface area contributed by atoms with Crippen molar-refractivity contribution in [2.45, 2.75) is 6.42 Å². The van der Waals surface area contributed by atoms with Gasteiger partial charge < -0.3 is 4.74 Å². The summed E-state index contributed by atoms with van der Waals surface area (Å²) in [5.41, 5.74) is 3.70. The summed E-state index contributed by atoms with van der Waals surface area (Å²) in [5.74, 6) is 1.01. The van der Waals surface area contributed by atoms with Gasteiger partial charge in [0.05, 0.1) is 6.26 Å². The molecule has 2 aromatic rings. The lowest BCUT2D eigenvalue weighted by atomic mass is 10.0. The quantitative estimate of drug-likeness (QED) is 0.700. The average Bonchev–Trinajstić information content (AvgIpc) is 2.82. The smallest absolute Gasteiger partial charge is 0.137 e. The van der Waals surface area contributed by atoms with E-state index in [9.17, 15) is 0 Å². The molecular weight excluding hydrogens is 204 g/mol. The van der Waals surface area contributed by atoms with Crippen LogP contribution in [0, 0.1) is 0 Å². The maximum Gasteiger partial charge on any atom is 0.137 e. The Hall–Kier alpha value is -1.54. The van der Waals surface area contributed by atoms with E-state index in [2.05, 4.69) is 35.0 Å². The molecule has 0 saturated carbocycles. The van der Waals surface area contributed by atoms with E-state index in [4.69, 9.17) is 4.74 Å². The van der Waals surface area contributed by atoms with Gasteiger partial charge in [0.25, 0.3) is 0 Å². The number of thiophene rings is 1. The van der Waals surface area contributed by atoms with Crippen molar-refractivity contribution in [2.75, 3.05) is 0 Å².